The monoisotopic (exact) mass is 241 g/mol. The van der Waals surface area contributed by atoms with Crippen molar-refractivity contribution in [2.75, 3.05) is 6.79 Å². The molecule has 1 aromatic carbocycles. The number of benzene rings is 1. The zero-order valence-electron chi connectivity index (χ0n) is 16.4. The molecule has 0 spiro atoms. The third kappa shape index (κ3) is 2.80. The summed E-state index contributed by atoms with van der Waals surface area (Å²) in [5.41, 5.74) is -2.01. The van der Waals surface area contributed by atoms with Gasteiger partial charge in [0, 0.05) is 8.22 Å². The normalized spacial score (nSPS) is 24.6. The van der Waals surface area contributed by atoms with Crippen LogP contribution in [0.3, 0.4) is 0 Å². The van der Waals surface area contributed by atoms with Crippen LogP contribution in [0.25, 0.3) is 6.08 Å². The second kappa shape index (κ2) is 4.41. The molecule has 0 saturated heterocycles. The third-order valence-electron chi connectivity index (χ3n) is 2.35. The predicted molar refractivity (Wildman–Crippen MR) is 67.1 cm³/mol. The lowest BCUT2D eigenvalue weighted by molar-refractivity contribution is 0.106. The van der Waals surface area contributed by atoms with Crippen molar-refractivity contribution in [2.45, 2.75) is 26.7 Å². The average molecular weight is 241 g/mol. The molecule has 3 nitrogen and oxygen atoms in total. The highest BCUT2D eigenvalue weighted by molar-refractivity contribution is 5.56. The van der Waals surface area contributed by atoms with E-state index >= 15 is 0 Å². The van der Waals surface area contributed by atoms with Crippen molar-refractivity contribution >= 4 is 6.08 Å². The van der Waals surface area contributed by atoms with Crippen LogP contribution in [-0.4, -0.2) is 18.0 Å². The minimum atomic E-state index is -2.98. The number of aliphatic hydroxyl groups is 1. The molecule has 92 valence electrons. The Morgan fingerprint density at radius 2 is 2.24 bits per heavy atom. The van der Waals surface area contributed by atoms with E-state index in [2.05, 4.69) is 0 Å². The Kier molecular flexibility index (Phi) is 1.54. The van der Waals surface area contributed by atoms with Gasteiger partial charge in [0.15, 0.2) is 11.5 Å². The van der Waals surface area contributed by atoms with Gasteiger partial charge < -0.3 is 14.6 Å². The molecule has 0 bridgehead atoms. The second-order valence-electron chi connectivity index (χ2n) is 4.03. The maximum Gasteiger partial charge on any atom is 0.231 e. The molecule has 17 heavy (non-hydrogen) atoms. The summed E-state index contributed by atoms with van der Waals surface area (Å²) in [6.07, 6.45) is -0.787. The van der Waals surface area contributed by atoms with Gasteiger partial charge in [-0.3, -0.25) is 0 Å². The molecule has 1 aliphatic heterocycles. The molecule has 0 amide bonds. The summed E-state index contributed by atoms with van der Waals surface area (Å²) in [5, 5.41) is 10.3. The lowest BCUT2D eigenvalue weighted by Crippen LogP contribution is -2.23. The first-order valence-electron chi connectivity index (χ1n) is 8.64. The Morgan fingerprint density at radius 1 is 1.47 bits per heavy atom. The van der Waals surface area contributed by atoms with Gasteiger partial charge in [-0.2, -0.15) is 0 Å². The molecule has 0 aromatic heterocycles. The van der Waals surface area contributed by atoms with Crippen LogP contribution in [-0.2, 0) is 0 Å². The molecule has 1 unspecified atom stereocenters. The zero-order valence-corrected chi connectivity index (χ0v) is 9.36. The van der Waals surface area contributed by atoms with Gasteiger partial charge in [0.1, 0.15) is 0 Å². The third-order valence-corrected chi connectivity index (χ3v) is 2.35. The van der Waals surface area contributed by atoms with Crippen molar-refractivity contribution in [3.63, 3.8) is 0 Å². The van der Waals surface area contributed by atoms with E-state index in [0.717, 1.165) is 6.92 Å². The standard InChI is InChI=1S/C14H18O3/c1-14(2,3)13(15)7-5-10-4-6-11-12(8-10)17-9-16-11/h4-8,13,15H,9H2,1-3H3/b7-5+/i1D3,2D3,7D. The van der Waals surface area contributed by atoms with Crippen molar-refractivity contribution < 1.29 is 24.2 Å². The van der Waals surface area contributed by atoms with Gasteiger partial charge in [-0.05, 0) is 23.1 Å². The highest BCUT2D eigenvalue weighted by Gasteiger charge is 2.19. The molecule has 1 heterocycles. The van der Waals surface area contributed by atoms with Crippen molar-refractivity contribution in [3.05, 3.63) is 29.8 Å². The fraction of sp³-hybridized carbons (Fsp3) is 0.429. The van der Waals surface area contributed by atoms with Crippen LogP contribution in [0.5, 0.6) is 11.5 Å². The lowest BCUT2D eigenvalue weighted by atomic mass is 9.89. The first-order valence-corrected chi connectivity index (χ1v) is 5.14. The van der Waals surface area contributed by atoms with Crippen LogP contribution in [0.2, 0.25) is 0 Å². The van der Waals surface area contributed by atoms with E-state index in [0.29, 0.717) is 17.1 Å². The highest BCUT2D eigenvalue weighted by atomic mass is 16.7. The van der Waals surface area contributed by atoms with Gasteiger partial charge in [0.25, 0.3) is 0 Å². The summed E-state index contributed by atoms with van der Waals surface area (Å²) >= 11 is 0. The highest BCUT2D eigenvalue weighted by Crippen LogP contribution is 2.33. The molecule has 1 atom stereocenters. The van der Waals surface area contributed by atoms with E-state index in [-0.39, 0.29) is 6.79 Å². The van der Waals surface area contributed by atoms with Crippen molar-refractivity contribution in [2.24, 2.45) is 5.41 Å². The van der Waals surface area contributed by atoms with Crippen LogP contribution >= 0.6 is 0 Å². The van der Waals surface area contributed by atoms with E-state index < -0.39 is 31.3 Å². The van der Waals surface area contributed by atoms with Gasteiger partial charge in [0.05, 0.1) is 7.47 Å². The summed E-state index contributed by atoms with van der Waals surface area (Å²) in [7, 11) is 0. The van der Waals surface area contributed by atoms with Gasteiger partial charge in [-0.1, -0.05) is 38.8 Å². The first-order chi connectivity index (χ1) is 10.9. The minimum Gasteiger partial charge on any atom is -0.454 e. The number of hydrogen-bond donors (Lipinski definition) is 1. The molecule has 0 saturated carbocycles. The fourth-order valence-corrected chi connectivity index (χ4v) is 1.34. The number of ether oxygens (including phenoxy) is 2. The van der Waals surface area contributed by atoms with Crippen LogP contribution in [0.1, 0.15) is 35.8 Å². The molecule has 3 heteroatoms. The summed E-state index contributed by atoms with van der Waals surface area (Å²) < 4.78 is 63.4. The number of fused-ring (bicyclic) bond motifs is 1. The van der Waals surface area contributed by atoms with E-state index in [1.54, 1.807) is 18.2 Å². The summed E-state index contributed by atoms with van der Waals surface area (Å²) in [4.78, 5) is 0. The summed E-state index contributed by atoms with van der Waals surface area (Å²) in [6.45, 7) is -4.94. The molecule has 1 aliphatic rings. The van der Waals surface area contributed by atoms with E-state index in [1.807, 2.05) is 0 Å². The average Bonchev–Trinajstić information content (AvgIpc) is 2.90. The topological polar surface area (TPSA) is 38.7 Å². The second-order valence-corrected chi connectivity index (χ2v) is 4.03. The van der Waals surface area contributed by atoms with Crippen molar-refractivity contribution in [1.82, 2.24) is 0 Å². The largest absolute Gasteiger partial charge is 0.454 e. The van der Waals surface area contributed by atoms with E-state index in [4.69, 9.17) is 19.1 Å². The quantitative estimate of drug-likeness (QED) is 0.865. The summed E-state index contributed by atoms with van der Waals surface area (Å²) in [6, 6.07) is 4.26. The Hall–Kier alpha value is -1.48. The maximum absolute atomic E-state index is 10.3. The Balaban J connectivity index is 2.38. The maximum atomic E-state index is 10.3. The molecular weight excluding hydrogens is 216 g/mol. The van der Waals surface area contributed by atoms with Crippen LogP contribution in [0, 0.1) is 5.41 Å². The Bertz CT molecular complexity index is 635. The fourth-order valence-electron chi connectivity index (χ4n) is 1.34. The number of hydrogen-bond acceptors (Lipinski definition) is 3. The predicted octanol–water partition coefficient (Wildman–Crippen LogP) is 2.84. The smallest absolute Gasteiger partial charge is 0.231 e. The Morgan fingerprint density at radius 3 is 3.00 bits per heavy atom. The van der Waals surface area contributed by atoms with Gasteiger partial charge in [0.2, 0.25) is 6.79 Å². The van der Waals surface area contributed by atoms with Crippen molar-refractivity contribution in [1.29, 1.82) is 0 Å². The number of aliphatic hydroxyl groups excluding tert-OH is 1. The lowest BCUT2D eigenvalue weighted by Gasteiger charge is -2.22. The molecule has 2 rings (SSSR count). The van der Waals surface area contributed by atoms with Gasteiger partial charge in [-0.25, -0.2) is 0 Å². The Labute approximate surface area is 112 Å². The van der Waals surface area contributed by atoms with Crippen molar-refractivity contribution in [3.8, 4) is 11.5 Å². The summed E-state index contributed by atoms with van der Waals surface area (Å²) in [5.74, 6) is 0.995. The SMILES string of the molecule is [2H]/C(=C\c1ccc2c(c1)OCO2)C(O)C(C)(C([2H])([2H])[2H])C([2H])([2H])[2H]. The molecule has 0 fully saturated rings. The molecule has 1 N–H and O–H groups in total. The molecule has 0 aliphatic carbocycles. The minimum absolute atomic E-state index is 0.0784. The molecule has 1 aromatic rings. The first kappa shape index (κ1) is 5.91. The number of rotatable bonds is 2. The van der Waals surface area contributed by atoms with Crippen LogP contribution < -0.4 is 9.47 Å². The van der Waals surface area contributed by atoms with E-state index in [1.165, 1.54) is 6.08 Å². The van der Waals surface area contributed by atoms with E-state index in [9.17, 15) is 5.11 Å². The van der Waals surface area contributed by atoms with Crippen LogP contribution in [0.4, 0.5) is 0 Å². The molecule has 0 radical (unpaired) electrons. The van der Waals surface area contributed by atoms with Gasteiger partial charge in [-0.15, -0.1) is 0 Å². The van der Waals surface area contributed by atoms with Crippen LogP contribution in [0.15, 0.2) is 24.3 Å². The zero-order chi connectivity index (χ0) is 18.3. The van der Waals surface area contributed by atoms with Gasteiger partial charge >= 0.3 is 0 Å². The molecular formula is C14H18O3.